The van der Waals surface area contributed by atoms with E-state index in [4.69, 9.17) is 0 Å². The van der Waals surface area contributed by atoms with Gasteiger partial charge in [-0.05, 0) is 35.4 Å². The molecule has 5 heteroatoms. The molecule has 2 heterocycles. The molecule has 1 aliphatic heterocycles. The van der Waals surface area contributed by atoms with Gasteiger partial charge in [-0.1, -0.05) is 12.8 Å². The van der Waals surface area contributed by atoms with Crippen LogP contribution in [0.5, 0.6) is 0 Å². The van der Waals surface area contributed by atoms with E-state index in [9.17, 15) is 4.79 Å². The lowest BCUT2D eigenvalue weighted by Gasteiger charge is -2.21. The fourth-order valence-electron chi connectivity index (χ4n) is 1.88. The summed E-state index contributed by atoms with van der Waals surface area (Å²) in [6.45, 7) is 2.04. The van der Waals surface area contributed by atoms with Gasteiger partial charge in [0.2, 0.25) is 0 Å². The fourth-order valence-corrected chi connectivity index (χ4v) is 2.51. The fraction of sp³-hybridized carbons (Fsp3) is 0.600. The number of nitrogens with zero attached hydrogens (tertiary/aromatic N) is 2. The molecule has 1 aromatic heterocycles. The molecule has 1 N–H and O–H groups in total. The Morgan fingerprint density at radius 1 is 1.27 bits per heavy atom. The summed E-state index contributed by atoms with van der Waals surface area (Å²) < 4.78 is 0.706. The maximum Gasteiger partial charge on any atom is 0.266 e. The maximum absolute atomic E-state index is 11.4. The molecule has 1 aromatic rings. The van der Waals surface area contributed by atoms with Crippen LogP contribution in [0, 0.1) is 3.57 Å². The number of nitrogens with one attached hydrogen (secondary N) is 1. The highest BCUT2D eigenvalue weighted by molar-refractivity contribution is 14.1. The number of hydrogen-bond donors (Lipinski definition) is 1. The molecule has 1 fully saturated rings. The number of anilines is 1. The lowest BCUT2D eigenvalue weighted by Crippen LogP contribution is -2.28. The van der Waals surface area contributed by atoms with Gasteiger partial charge in [0.15, 0.2) is 0 Å². The zero-order valence-electron chi connectivity index (χ0n) is 8.50. The summed E-state index contributed by atoms with van der Waals surface area (Å²) in [5.74, 6) is 0.848. The predicted molar refractivity (Wildman–Crippen MR) is 68.3 cm³/mol. The molecule has 0 aromatic carbocycles. The van der Waals surface area contributed by atoms with Crippen molar-refractivity contribution in [3.05, 3.63) is 20.3 Å². The van der Waals surface area contributed by atoms with Gasteiger partial charge >= 0.3 is 0 Å². The number of halogens is 1. The lowest BCUT2D eigenvalue weighted by molar-refractivity contribution is 0.726. The SMILES string of the molecule is O=c1[nH]cnc(N2CCCCCC2)c1I. The van der Waals surface area contributed by atoms with Crippen molar-refractivity contribution in [3.8, 4) is 0 Å². The van der Waals surface area contributed by atoms with Gasteiger partial charge in [-0.3, -0.25) is 4.79 Å². The molecule has 0 unspecified atom stereocenters. The molecule has 2 rings (SSSR count). The van der Waals surface area contributed by atoms with E-state index in [1.807, 2.05) is 0 Å². The standard InChI is InChI=1S/C10H14IN3O/c11-8-9(12-7-13-10(8)15)14-5-3-1-2-4-6-14/h7H,1-6H2,(H,12,13,15). The topological polar surface area (TPSA) is 49.0 Å². The predicted octanol–water partition coefficient (Wildman–Crippen LogP) is 1.75. The van der Waals surface area contributed by atoms with E-state index in [1.165, 1.54) is 32.0 Å². The molecule has 4 nitrogen and oxygen atoms in total. The molecule has 0 spiro atoms. The zero-order chi connectivity index (χ0) is 10.7. The van der Waals surface area contributed by atoms with Gasteiger partial charge in [-0.15, -0.1) is 0 Å². The highest BCUT2D eigenvalue weighted by Gasteiger charge is 2.15. The van der Waals surface area contributed by atoms with Crippen molar-refractivity contribution < 1.29 is 0 Å². The Hall–Kier alpha value is -0.590. The highest BCUT2D eigenvalue weighted by atomic mass is 127. The van der Waals surface area contributed by atoms with Gasteiger partial charge in [-0.25, -0.2) is 4.98 Å². The summed E-state index contributed by atoms with van der Waals surface area (Å²) in [4.78, 5) is 20.5. The van der Waals surface area contributed by atoms with Crippen molar-refractivity contribution in [2.75, 3.05) is 18.0 Å². The van der Waals surface area contributed by atoms with E-state index in [0.717, 1.165) is 18.9 Å². The van der Waals surface area contributed by atoms with Crippen molar-refractivity contribution in [3.63, 3.8) is 0 Å². The first-order chi connectivity index (χ1) is 7.29. The number of aromatic amines is 1. The number of H-pyrrole nitrogens is 1. The Balaban J connectivity index is 2.27. The minimum Gasteiger partial charge on any atom is -0.356 e. The summed E-state index contributed by atoms with van der Waals surface area (Å²) in [7, 11) is 0. The molecule has 15 heavy (non-hydrogen) atoms. The van der Waals surface area contributed by atoms with Crippen LogP contribution in [0.2, 0.25) is 0 Å². The number of hydrogen-bond acceptors (Lipinski definition) is 3. The summed E-state index contributed by atoms with van der Waals surface area (Å²) >= 11 is 2.07. The molecular formula is C10H14IN3O. The number of rotatable bonds is 1. The molecular weight excluding hydrogens is 305 g/mol. The smallest absolute Gasteiger partial charge is 0.266 e. The van der Waals surface area contributed by atoms with Crippen molar-refractivity contribution >= 4 is 28.4 Å². The van der Waals surface area contributed by atoms with Crippen LogP contribution in [0.3, 0.4) is 0 Å². The van der Waals surface area contributed by atoms with Crippen LogP contribution < -0.4 is 10.5 Å². The van der Waals surface area contributed by atoms with Crippen LogP contribution in [0.4, 0.5) is 5.82 Å². The monoisotopic (exact) mass is 319 g/mol. The van der Waals surface area contributed by atoms with Crippen LogP contribution in [0.15, 0.2) is 11.1 Å². The Morgan fingerprint density at radius 2 is 1.93 bits per heavy atom. The molecule has 0 saturated carbocycles. The molecule has 0 radical (unpaired) electrons. The molecule has 0 bridgehead atoms. The molecule has 0 aliphatic carbocycles. The average Bonchev–Trinajstić information content (AvgIpc) is 2.50. The van der Waals surface area contributed by atoms with E-state index in [-0.39, 0.29) is 5.56 Å². The second kappa shape index (κ2) is 4.96. The normalized spacial score (nSPS) is 17.5. The van der Waals surface area contributed by atoms with Gasteiger partial charge in [0.25, 0.3) is 5.56 Å². The lowest BCUT2D eigenvalue weighted by atomic mass is 10.2. The maximum atomic E-state index is 11.4. The van der Waals surface area contributed by atoms with Crippen LogP contribution in [-0.4, -0.2) is 23.1 Å². The molecule has 1 aliphatic rings. The molecule has 0 atom stereocenters. The summed E-state index contributed by atoms with van der Waals surface area (Å²) in [6, 6.07) is 0. The van der Waals surface area contributed by atoms with Crippen molar-refractivity contribution in [2.24, 2.45) is 0 Å². The second-order valence-electron chi connectivity index (χ2n) is 3.77. The van der Waals surface area contributed by atoms with Crippen molar-refractivity contribution in [1.29, 1.82) is 0 Å². The van der Waals surface area contributed by atoms with Gasteiger partial charge in [0.05, 0.1) is 6.33 Å². The molecule has 0 amide bonds. The Morgan fingerprint density at radius 3 is 2.60 bits per heavy atom. The van der Waals surface area contributed by atoms with Crippen molar-refractivity contribution in [1.82, 2.24) is 9.97 Å². The highest BCUT2D eigenvalue weighted by Crippen LogP contribution is 2.19. The zero-order valence-corrected chi connectivity index (χ0v) is 10.7. The van der Waals surface area contributed by atoms with E-state index >= 15 is 0 Å². The Kier molecular flexibility index (Phi) is 3.61. The number of aromatic nitrogens is 2. The first-order valence-electron chi connectivity index (χ1n) is 5.27. The van der Waals surface area contributed by atoms with E-state index in [2.05, 4.69) is 37.5 Å². The summed E-state index contributed by atoms with van der Waals surface area (Å²) in [5.41, 5.74) is -0.0372. The van der Waals surface area contributed by atoms with E-state index < -0.39 is 0 Å². The first-order valence-corrected chi connectivity index (χ1v) is 6.35. The minimum absolute atomic E-state index is 0.0372. The quantitative estimate of drug-likeness (QED) is 0.803. The van der Waals surface area contributed by atoms with E-state index in [0.29, 0.717) is 3.57 Å². The van der Waals surface area contributed by atoms with Crippen LogP contribution >= 0.6 is 22.6 Å². The van der Waals surface area contributed by atoms with E-state index in [1.54, 1.807) is 0 Å². The van der Waals surface area contributed by atoms with Crippen LogP contribution in [0.1, 0.15) is 25.7 Å². The van der Waals surface area contributed by atoms with Crippen LogP contribution in [0.25, 0.3) is 0 Å². The van der Waals surface area contributed by atoms with Gasteiger partial charge in [0.1, 0.15) is 9.39 Å². The third-order valence-electron chi connectivity index (χ3n) is 2.68. The third kappa shape index (κ3) is 2.50. The van der Waals surface area contributed by atoms with Crippen LogP contribution in [-0.2, 0) is 0 Å². The second-order valence-corrected chi connectivity index (χ2v) is 4.85. The molecule has 82 valence electrons. The largest absolute Gasteiger partial charge is 0.356 e. The van der Waals surface area contributed by atoms with Gasteiger partial charge in [0, 0.05) is 13.1 Å². The van der Waals surface area contributed by atoms with Gasteiger partial charge in [-0.2, -0.15) is 0 Å². The average molecular weight is 319 g/mol. The summed E-state index contributed by atoms with van der Waals surface area (Å²) in [5, 5.41) is 0. The minimum atomic E-state index is -0.0372. The Bertz CT molecular complexity index is 382. The van der Waals surface area contributed by atoms with Gasteiger partial charge < -0.3 is 9.88 Å². The Labute approximate surface area is 102 Å². The molecule has 1 saturated heterocycles. The first kappa shape index (κ1) is 10.9. The summed E-state index contributed by atoms with van der Waals surface area (Å²) in [6.07, 6.45) is 6.46. The van der Waals surface area contributed by atoms with Crippen molar-refractivity contribution in [2.45, 2.75) is 25.7 Å². The third-order valence-corrected chi connectivity index (χ3v) is 3.66.